The lowest BCUT2D eigenvalue weighted by molar-refractivity contribution is 0.0339. The number of hydrogen-bond acceptors (Lipinski definition) is 2. The Bertz CT molecular complexity index is 299. The number of ether oxygens (including phenoxy) is 1. The largest absolute Gasteiger partial charge is 0.372 e. The zero-order chi connectivity index (χ0) is 12.0. The predicted molar refractivity (Wildman–Crippen MR) is 63.7 cm³/mol. The van der Waals surface area contributed by atoms with Crippen molar-refractivity contribution in [1.82, 2.24) is 0 Å². The Kier molecular flexibility index (Phi) is 5.43. The average molecular weight is 225 g/mol. The van der Waals surface area contributed by atoms with Gasteiger partial charge < -0.3 is 10.5 Å². The van der Waals surface area contributed by atoms with Crippen LogP contribution in [0.15, 0.2) is 24.3 Å². The van der Waals surface area contributed by atoms with E-state index in [0.717, 1.165) is 18.4 Å². The molecule has 2 nitrogen and oxygen atoms in total. The quantitative estimate of drug-likeness (QED) is 0.807. The van der Waals surface area contributed by atoms with Crippen LogP contribution in [-0.2, 0) is 4.74 Å². The van der Waals surface area contributed by atoms with Crippen molar-refractivity contribution in [2.24, 2.45) is 5.73 Å². The summed E-state index contributed by atoms with van der Waals surface area (Å²) in [6, 6.07) is 6.33. The minimum Gasteiger partial charge on any atom is -0.372 e. The number of halogens is 1. The molecule has 1 aromatic rings. The van der Waals surface area contributed by atoms with Crippen LogP contribution in [0.1, 0.15) is 38.4 Å². The summed E-state index contributed by atoms with van der Waals surface area (Å²) in [4.78, 5) is 0. The van der Waals surface area contributed by atoms with E-state index in [1.54, 1.807) is 12.1 Å². The molecule has 2 atom stereocenters. The van der Waals surface area contributed by atoms with Crippen LogP contribution in [0.4, 0.5) is 4.39 Å². The Balaban J connectivity index is 2.78. The molecule has 1 aromatic carbocycles. The first-order valence-corrected chi connectivity index (χ1v) is 5.81. The van der Waals surface area contributed by atoms with Crippen molar-refractivity contribution in [3.05, 3.63) is 35.6 Å². The summed E-state index contributed by atoms with van der Waals surface area (Å²) in [5.41, 5.74) is 6.96. The van der Waals surface area contributed by atoms with Gasteiger partial charge in [0.2, 0.25) is 0 Å². The molecule has 0 bridgehead atoms. The highest BCUT2D eigenvalue weighted by atomic mass is 19.1. The molecule has 0 aliphatic carbocycles. The first-order chi connectivity index (χ1) is 7.69. The standard InChI is InChI=1S/C13H20FNO/c1-3-9-16-13(12(15)4-2)10-5-7-11(14)8-6-10/h5-8,12-13H,3-4,9,15H2,1-2H3. The molecule has 0 aromatic heterocycles. The van der Waals surface area contributed by atoms with Crippen molar-refractivity contribution in [3.8, 4) is 0 Å². The van der Waals surface area contributed by atoms with Gasteiger partial charge in [0.15, 0.2) is 0 Å². The molecule has 0 spiro atoms. The highest BCUT2D eigenvalue weighted by Gasteiger charge is 2.18. The second-order valence-corrected chi connectivity index (χ2v) is 3.92. The Morgan fingerprint density at radius 3 is 2.38 bits per heavy atom. The Labute approximate surface area is 96.6 Å². The van der Waals surface area contributed by atoms with Gasteiger partial charge in [-0.15, -0.1) is 0 Å². The molecule has 90 valence electrons. The van der Waals surface area contributed by atoms with Gasteiger partial charge in [-0.25, -0.2) is 4.39 Å². The third kappa shape index (κ3) is 3.58. The lowest BCUT2D eigenvalue weighted by atomic mass is 10.0. The molecular weight excluding hydrogens is 205 g/mol. The Hall–Kier alpha value is -0.930. The van der Waals surface area contributed by atoms with Crippen LogP contribution in [-0.4, -0.2) is 12.6 Å². The molecule has 0 saturated heterocycles. The maximum absolute atomic E-state index is 12.8. The molecule has 0 saturated carbocycles. The van der Waals surface area contributed by atoms with Gasteiger partial charge in [-0.2, -0.15) is 0 Å². The van der Waals surface area contributed by atoms with E-state index in [9.17, 15) is 4.39 Å². The summed E-state index contributed by atoms with van der Waals surface area (Å²) in [5, 5.41) is 0. The van der Waals surface area contributed by atoms with E-state index in [1.807, 2.05) is 6.92 Å². The van der Waals surface area contributed by atoms with Gasteiger partial charge in [-0.05, 0) is 30.5 Å². The topological polar surface area (TPSA) is 35.2 Å². The van der Waals surface area contributed by atoms with E-state index < -0.39 is 0 Å². The van der Waals surface area contributed by atoms with Gasteiger partial charge in [-0.3, -0.25) is 0 Å². The minimum absolute atomic E-state index is 0.0444. The van der Waals surface area contributed by atoms with Gasteiger partial charge in [0.25, 0.3) is 0 Å². The van der Waals surface area contributed by atoms with Gasteiger partial charge in [0.05, 0.1) is 6.10 Å². The van der Waals surface area contributed by atoms with E-state index in [-0.39, 0.29) is 18.0 Å². The number of rotatable bonds is 6. The number of benzene rings is 1. The van der Waals surface area contributed by atoms with Gasteiger partial charge in [0, 0.05) is 12.6 Å². The maximum Gasteiger partial charge on any atom is 0.123 e. The molecule has 0 amide bonds. The lowest BCUT2D eigenvalue weighted by Gasteiger charge is -2.23. The van der Waals surface area contributed by atoms with Crippen molar-refractivity contribution in [2.45, 2.75) is 38.8 Å². The smallest absolute Gasteiger partial charge is 0.123 e. The van der Waals surface area contributed by atoms with E-state index in [2.05, 4.69) is 6.92 Å². The predicted octanol–water partition coefficient (Wildman–Crippen LogP) is 3.03. The van der Waals surface area contributed by atoms with E-state index in [1.165, 1.54) is 12.1 Å². The fourth-order valence-corrected chi connectivity index (χ4v) is 1.58. The maximum atomic E-state index is 12.8. The summed E-state index contributed by atoms with van der Waals surface area (Å²) < 4.78 is 18.5. The van der Waals surface area contributed by atoms with Gasteiger partial charge >= 0.3 is 0 Å². The summed E-state index contributed by atoms with van der Waals surface area (Å²) in [7, 11) is 0. The fourth-order valence-electron chi connectivity index (χ4n) is 1.58. The Morgan fingerprint density at radius 1 is 1.25 bits per heavy atom. The number of nitrogens with two attached hydrogens (primary N) is 1. The third-order valence-corrected chi connectivity index (χ3v) is 2.56. The molecule has 1 rings (SSSR count). The fraction of sp³-hybridized carbons (Fsp3) is 0.538. The van der Waals surface area contributed by atoms with Crippen LogP contribution in [0.25, 0.3) is 0 Å². The van der Waals surface area contributed by atoms with Crippen LogP contribution in [0.5, 0.6) is 0 Å². The lowest BCUT2D eigenvalue weighted by Crippen LogP contribution is -2.29. The summed E-state index contributed by atoms with van der Waals surface area (Å²) in [5.74, 6) is -0.233. The van der Waals surface area contributed by atoms with Crippen molar-refractivity contribution < 1.29 is 9.13 Å². The van der Waals surface area contributed by atoms with E-state index >= 15 is 0 Å². The molecular formula is C13H20FNO. The van der Waals surface area contributed by atoms with E-state index in [0.29, 0.717) is 6.61 Å². The zero-order valence-corrected chi connectivity index (χ0v) is 9.95. The average Bonchev–Trinajstić information content (AvgIpc) is 2.31. The molecule has 2 unspecified atom stereocenters. The van der Waals surface area contributed by atoms with Crippen molar-refractivity contribution >= 4 is 0 Å². The van der Waals surface area contributed by atoms with Crippen LogP contribution < -0.4 is 5.73 Å². The third-order valence-electron chi connectivity index (χ3n) is 2.56. The van der Waals surface area contributed by atoms with Crippen molar-refractivity contribution in [1.29, 1.82) is 0 Å². The summed E-state index contributed by atoms with van der Waals surface area (Å²) in [6.07, 6.45) is 1.66. The van der Waals surface area contributed by atoms with Crippen molar-refractivity contribution in [2.75, 3.05) is 6.61 Å². The molecule has 2 N–H and O–H groups in total. The van der Waals surface area contributed by atoms with Gasteiger partial charge in [0.1, 0.15) is 5.82 Å². The molecule has 0 fully saturated rings. The second-order valence-electron chi connectivity index (χ2n) is 3.92. The Morgan fingerprint density at radius 2 is 1.88 bits per heavy atom. The molecule has 0 heterocycles. The summed E-state index contributed by atoms with van der Waals surface area (Å²) in [6.45, 7) is 4.76. The molecule has 0 radical (unpaired) electrons. The number of hydrogen-bond donors (Lipinski definition) is 1. The second kappa shape index (κ2) is 6.61. The van der Waals surface area contributed by atoms with Crippen LogP contribution in [0.2, 0.25) is 0 Å². The first-order valence-electron chi connectivity index (χ1n) is 5.81. The highest BCUT2D eigenvalue weighted by molar-refractivity contribution is 5.20. The normalized spacial score (nSPS) is 14.8. The SMILES string of the molecule is CCCOC(c1ccc(F)cc1)C(N)CC. The molecule has 3 heteroatoms. The summed E-state index contributed by atoms with van der Waals surface area (Å²) >= 11 is 0. The first kappa shape index (κ1) is 13.1. The van der Waals surface area contributed by atoms with Gasteiger partial charge in [-0.1, -0.05) is 26.0 Å². The highest BCUT2D eigenvalue weighted by Crippen LogP contribution is 2.22. The molecule has 0 aliphatic heterocycles. The van der Waals surface area contributed by atoms with Crippen LogP contribution in [0.3, 0.4) is 0 Å². The van der Waals surface area contributed by atoms with Crippen molar-refractivity contribution in [3.63, 3.8) is 0 Å². The molecule has 0 aliphatic rings. The van der Waals surface area contributed by atoms with Crippen LogP contribution in [0, 0.1) is 5.82 Å². The van der Waals surface area contributed by atoms with E-state index in [4.69, 9.17) is 10.5 Å². The van der Waals surface area contributed by atoms with Crippen LogP contribution >= 0.6 is 0 Å². The minimum atomic E-state index is -0.233. The zero-order valence-electron chi connectivity index (χ0n) is 9.95. The monoisotopic (exact) mass is 225 g/mol. The molecule has 16 heavy (non-hydrogen) atoms.